The molecule has 0 saturated heterocycles. The molecule has 0 aliphatic rings. The van der Waals surface area contributed by atoms with Gasteiger partial charge >= 0.3 is 0 Å². The van der Waals surface area contributed by atoms with E-state index in [1.54, 1.807) is 0 Å². The summed E-state index contributed by atoms with van der Waals surface area (Å²) in [5.74, 6) is 0. The summed E-state index contributed by atoms with van der Waals surface area (Å²) >= 11 is 1.83. The fourth-order valence-corrected chi connectivity index (χ4v) is 7.06. The van der Waals surface area contributed by atoms with Gasteiger partial charge in [-0.1, -0.05) is 110 Å². The monoisotopic (exact) mass is 533 g/mol. The van der Waals surface area contributed by atoms with E-state index in [1.165, 1.54) is 59.3 Å². The van der Waals surface area contributed by atoms with Crippen LogP contribution in [0.2, 0.25) is 0 Å². The average Bonchev–Trinajstić information content (AvgIpc) is 3.53. The van der Waals surface area contributed by atoms with Crippen LogP contribution in [0.25, 0.3) is 61.6 Å². The third kappa shape index (κ3) is 4.18. The lowest BCUT2D eigenvalue weighted by atomic mass is 9.93. The van der Waals surface area contributed by atoms with E-state index in [1.807, 2.05) is 23.5 Å². The minimum atomic E-state index is 1.10. The maximum atomic E-state index is 4.24. The molecule has 0 amide bonds. The quantitative estimate of drug-likeness (QED) is 0.192. The van der Waals surface area contributed by atoms with Gasteiger partial charge in [-0.25, -0.2) is 0 Å². The van der Waals surface area contributed by atoms with Crippen molar-refractivity contribution in [2.45, 2.75) is 13.8 Å². The molecule has 0 bridgehead atoms. The van der Waals surface area contributed by atoms with E-state index in [2.05, 4.69) is 147 Å². The van der Waals surface area contributed by atoms with E-state index in [4.69, 9.17) is 0 Å². The van der Waals surface area contributed by atoms with Crippen molar-refractivity contribution in [1.82, 2.24) is 4.57 Å². The van der Waals surface area contributed by atoms with Crippen LogP contribution < -0.4 is 0 Å². The molecular formula is C38H31NS. The minimum Gasteiger partial charge on any atom is -0.309 e. The highest BCUT2D eigenvalue weighted by Gasteiger charge is 2.20. The van der Waals surface area contributed by atoms with Gasteiger partial charge in [-0.05, 0) is 72.0 Å². The van der Waals surface area contributed by atoms with Gasteiger partial charge in [0.2, 0.25) is 0 Å². The molecule has 0 aliphatic heterocycles. The van der Waals surface area contributed by atoms with Gasteiger partial charge in [0, 0.05) is 31.6 Å². The van der Waals surface area contributed by atoms with E-state index >= 15 is 0 Å². The van der Waals surface area contributed by atoms with Crippen molar-refractivity contribution in [1.29, 1.82) is 0 Å². The van der Waals surface area contributed by atoms with Gasteiger partial charge in [-0.2, -0.15) is 0 Å². The Morgan fingerprint density at radius 2 is 1.48 bits per heavy atom. The Labute approximate surface area is 240 Å². The van der Waals surface area contributed by atoms with Crippen LogP contribution in [-0.2, 0) is 0 Å². The number of rotatable bonds is 7. The Hall–Kier alpha value is -4.66. The predicted molar refractivity (Wildman–Crippen MR) is 178 cm³/mol. The standard InChI is InChI=1S/C38H31NS/c1-5-15-36-30(7-3)32-20-14-19-31(38(32)40-36)27-24-22-26(23-25-27)29(6-2)37-33-18-12-13-21-35(33)39(34(37)8-4)28-16-10-9-11-17-28/h5-25H,3-4H2,1-2H3/b15-5-,29-6-. The Bertz CT molecular complexity index is 1930. The smallest absolute Gasteiger partial charge is 0.0541 e. The number of hydrogen-bond acceptors (Lipinski definition) is 1. The summed E-state index contributed by atoms with van der Waals surface area (Å²) in [5, 5.41) is 2.48. The first-order valence-electron chi connectivity index (χ1n) is 13.6. The Morgan fingerprint density at radius 3 is 2.17 bits per heavy atom. The number of benzene rings is 4. The molecule has 0 saturated carbocycles. The molecule has 6 aromatic rings. The van der Waals surface area contributed by atoms with Crippen molar-refractivity contribution >= 4 is 56.1 Å². The normalized spacial score (nSPS) is 12.0. The summed E-state index contributed by atoms with van der Waals surface area (Å²) in [6, 6.07) is 34.7. The summed E-state index contributed by atoms with van der Waals surface area (Å²) in [6.07, 6.45) is 10.4. The largest absolute Gasteiger partial charge is 0.309 e. The van der Waals surface area contributed by atoms with Crippen molar-refractivity contribution in [3.63, 3.8) is 0 Å². The molecule has 194 valence electrons. The summed E-state index contributed by atoms with van der Waals surface area (Å²) in [6.45, 7) is 12.5. The van der Waals surface area contributed by atoms with Crippen LogP contribution in [0.15, 0.2) is 122 Å². The lowest BCUT2D eigenvalue weighted by Gasteiger charge is -2.12. The van der Waals surface area contributed by atoms with Crippen molar-refractivity contribution in [3.05, 3.63) is 150 Å². The molecule has 6 rings (SSSR count). The highest BCUT2D eigenvalue weighted by Crippen LogP contribution is 2.41. The molecule has 0 fully saturated rings. The minimum absolute atomic E-state index is 1.10. The van der Waals surface area contributed by atoms with Crippen molar-refractivity contribution < 1.29 is 0 Å². The van der Waals surface area contributed by atoms with E-state index in [0.29, 0.717) is 0 Å². The second kappa shape index (κ2) is 10.8. The summed E-state index contributed by atoms with van der Waals surface area (Å²) < 4.78 is 3.61. The molecular weight excluding hydrogens is 502 g/mol. The van der Waals surface area contributed by atoms with E-state index < -0.39 is 0 Å². The number of aromatic nitrogens is 1. The molecule has 4 aromatic carbocycles. The average molecular weight is 534 g/mol. The van der Waals surface area contributed by atoms with Crippen LogP contribution in [-0.4, -0.2) is 4.57 Å². The molecule has 40 heavy (non-hydrogen) atoms. The molecule has 2 aromatic heterocycles. The van der Waals surface area contributed by atoms with Gasteiger partial charge in [0.15, 0.2) is 0 Å². The van der Waals surface area contributed by atoms with Crippen molar-refractivity contribution in [2.24, 2.45) is 0 Å². The maximum absolute atomic E-state index is 4.24. The highest BCUT2D eigenvalue weighted by atomic mass is 32.1. The van der Waals surface area contributed by atoms with Gasteiger partial charge in [-0.15, -0.1) is 11.3 Å². The van der Waals surface area contributed by atoms with Crippen LogP contribution in [0.1, 0.15) is 41.1 Å². The van der Waals surface area contributed by atoms with Crippen LogP contribution >= 0.6 is 11.3 Å². The summed E-state index contributed by atoms with van der Waals surface area (Å²) in [7, 11) is 0. The zero-order valence-corrected chi connectivity index (χ0v) is 23.7. The van der Waals surface area contributed by atoms with Crippen LogP contribution in [0.4, 0.5) is 0 Å². The second-order valence-corrected chi connectivity index (χ2v) is 10.8. The molecule has 0 unspecified atom stereocenters. The van der Waals surface area contributed by atoms with Gasteiger partial charge in [0.25, 0.3) is 0 Å². The van der Waals surface area contributed by atoms with Crippen LogP contribution in [0, 0.1) is 0 Å². The zero-order chi connectivity index (χ0) is 27.6. The van der Waals surface area contributed by atoms with Gasteiger partial charge in [-0.3, -0.25) is 0 Å². The highest BCUT2D eigenvalue weighted by molar-refractivity contribution is 7.20. The number of allylic oxidation sites excluding steroid dienone is 2. The number of thiophene rings is 1. The topological polar surface area (TPSA) is 4.93 Å². The third-order valence-electron chi connectivity index (χ3n) is 7.49. The first-order valence-corrected chi connectivity index (χ1v) is 14.4. The predicted octanol–water partition coefficient (Wildman–Crippen LogP) is 11.3. The Morgan fingerprint density at radius 1 is 0.750 bits per heavy atom. The molecule has 1 nitrogen and oxygen atoms in total. The molecule has 2 heterocycles. The van der Waals surface area contributed by atoms with Crippen LogP contribution in [0.5, 0.6) is 0 Å². The molecule has 2 heteroatoms. The lowest BCUT2D eigenvalue weighted by Crippen LogP contribution is -1.98. The summed E-state index contributed by atoms with van der Waals surface area (Å²) in [4.78, 5) is 1.25. The number of fused-ring (bicyclic) bond motifs is 2. The van der Waals surface area contributed by atoms with E-state index in [0.717, 1.165) is 11.4 Å². The molecule has 0 radical (unpaired) electrons. The number of nitrogens with zero attached hydrogens (tertiary/aromatic N) is 1. The van der Waals surface area contributed by atoms with Crippen molar-refractivity contribution in [2.75, 3.05) is 0 Å². The fraction of sp³-hybridized carbons (Fsp3) is 0.0526. The molecule has 0 atom stereocenters. The second-order valence-electron chi connectivity index (χ2n) is 9.70. The van der Waals surface area contributed by atoms with E-state index in [-0.39, 0.29) is 0 Å². The third-order valence-corrected chi connectivity index (χ3v) is 8.71. The van der Waals surface area contributed by atoms with E-state index in [9.17, 15) is 0 Å². The molecule has 0 N–H and O–H groups in total. The zero-order valence-electron chi connectivity index (χ0n) is 22.9. The summed E-state index contributed by atoms with van der Waals surface area (Å²) in [5.41, 5.74) is 10.7. The van der Waals surface area contributed by atoms with Crippen molar-refractivity contribution in [3.8, 4) is 16.8 Å². The first-order chi connectivity index (χ1) is 19.7. The molecule has 0 spiro atoms. The number of hydrogen-bond donors (Lipinski definition) is 0. The van der Waals surface area contributed by atoms with Crippen LogP contribution in [0.3, 0.4) is 0 Å². The van der Waals surface area contributed by atoms with Gasteiger partial charge in [0.1, 0.15) is 0 Å². The Kier molecular flexibility index (Phi) is 6.94. The SMILES string of the molecule is C=Cc1c(/C=C\C)sc2c(-c3ccc(/C(=C/C)c4c(C=C)n(-c5ccccc5)c5ccccc45)cc3)cccc12. The number of para-hydroxylation sites is 2. The Balaban J connectivity index is 1.48. The molecule has 0 aliphatic carbocycles. The van der Waals surface area contributed by atoms with Gasteiger partial charge in [0.05, 0.1) is 11.2 Å². The van der Waals surface area contributed by atoms with Gasteiger partial charge < -0.3 is 4.57 Å². The first kappa shape index (κ1) is 25.6. The lowest BCUT2D eigenvalue weighted by molar-refractivity contribution is 1.10. The fourth-order valence-electron chi connectivity index (χ4n) is 5.75. The maximum Gasteiger partial charge on any atom is 0.0541 e.